The van der Waals surface area contributed by atoms with Crippen LogP contribution in [0.25, 0.3) is 78.3 Å². The fourth-order valence-electron chi connectivity index (χ4n) is 8.55. The van der Waals surface area contributed by atoms with Gasteiger partial charge in [0.25, 0.3) is 0 Å². The van der Waals surface area contributed by atoms with E-state index in [-0.39, 0.29) is 0 Å². The van der Waals surface area contributed by atoms with Crippen LogP contribution in [0.3, 0.4) is 0 Å². The lowest BCUT2D eigenvalue weighted by atomic mass is 9.90. The monoisotopic (exact) mass is 821 g/mol. The van der Waals surface area contributed by atoms with Gasteiger partial charge in [-0.05, 0) is 117 Å². The van der Waals surface area contributed by atoms with Crippen LogP contribution in [0.1, 0.15) is 22.3 Å². The first-order valence-corrected chi connectivity index (χ1v) is 22.1. The van der Waals surface area contributed by atoms with Crippen molar-refractivity contribution >= 4 is 0 Å². The fraction of sp³-hybridized carbons (Fsp3) is 0.0656. The number of aryl methyl sites for hydroxylation is 4. The van der Waals surface area contributed by atoms with Crippen molar-refractivity contribution in [1.29, 1.82) is 0 Å². The minimum Gasteiger partial charge on any atom is -0.256 e. The molecule has 0 spiro atoms. The highest BCUT2D eigenvalue weighted by molar-refractivity contribution is 5.85. The van der Waals surface area contributed by atoms with E-state index in [0.717, 1.165) is 65.0 Å². The van der Waals surface area contributed by atoms with Gasteiger partial charge in [-0.1, -0.05) is 194 Å². The van der Waals surface area contributed by atoms with Gasteiger partial charge in [-0.3, -0.25) is 15.0 Å². The summed E-state index contributed by atoms with van der Waals surface area (Å²) in [7, 11) is 0. The van der Waals surface area contributed by atoms with Gasteiger partial charge in [-0.25, -0.2) is 0 Å². The Labute approximate surface area is 376 Å². The van der Waals surface area contributed by atoms with Crippen molar-refractivity contribution in [2.75, 3.05) is 0 Å². The van der Waals surface area contributed by atoms with Crippen molar-refractivity contribution in [1.82, 2.24) is 15.0 Å². The van der Waals surface area contributed by atoms with Crippen LogP contribution in [0.2, 0.25) is 0 Å². The predicted octanol–water partition coefficient (Wildman–Crippen LogP) is 15.1. The maximum atomic E-state index is 4.82. The molecule has 0 radical (unpaired) electrons. The second-order valence-electron chi connectivity index (χ2n) is 16.4. The highest BCUT2D eigenvalue weighted by atomic mass is 14.7. The van der Waals surface area contributed by atoms with E-state index in [1.807, 2.05) is 30.7 Å². The van der Waals surface area contributed by atoms with Crippen LogP contribution in [-0.4, -0.2) is 15.0 Å². The number of hydrogen-bond donors (Lipinski definition) is 0. The Morgan fingerprint density at radius 3 is 1.16 bits per heavy atom. The van der Waals surface area contributed by atoms with Gasteiger partial charge in [0.15, 0.2) is 0 Å². The van der Waals surface area contributed by atoms with Gasteiger partial charge in [-0.2, -0.15) is 0 Å². The summed E-state index contributed by atoms with van der Waals surface area (Å²) in [6.45, 7) is 0. The minimum absolute atomic E-state index is 0.910. The van der Waals surface area contributed by atoms with E-state index in [9.17, 15) is 0 Å². The lowest BCUT2D eigenvalue weighted by Crippen LogP contribution is -1.98. The Balaban J connectivity index is 0.910. The summed E-state index contributed by atoms with van der Waals surface area (Å²) in [4.78, 5) is 14.4. The van der Waals surface area contributed by atoms with E-state index in [0.29, 0.717) is 0 Å². The molecule has 0 fully saturated rings. The van der Waals surface area contributed by atoms with Gasteiger partial charge < -0.3 is 0 Å². The van der Waals surface area contributed by atoms with Gasteiger partial charge in [0, 0.05) is 35.3 Å². The normalized spacial score (nSPS) is 11.1. The molecule has 0 bridgehead atoms. The molecule has 3 heteroatoms. The van der Waals surface area contributed by atoms with E-state index in [4.69, 9.17) is 15.0 Å². The zero-order valence-electron chi connectivity index (χ0n) is 35.7. The van der Waals surface area contributed by atoms with Crippen molar-refractivity contribution in [3.63, 3.8) is 0 Å². The second-order valence-corrected chi connectivity index (χ2v) is 16.4. The molecule has 64 heavy (non-hydrogen) atoms. The zero-order valence-corrected chi connectivity index (χ0v) is 35.7. The molecular formula is C61H47N3. The summed E-state index contributed by atoms with van der Waals surface area (Å²) in [6, 6.07) is 77.9. The van der Waals surface area contributed by atoms with Gasteiger partial charge in [-0.15, -0.1) is 0 Å². The van der Waals surface area contributed by atoms with Crippen LogP contribution in [0.15, 0.2) is 237 Å². The third-order valence-electron chi connectivity index (χ3n) is 12.1. The summed E-state index contributed by atoms with van der Waals surface area (Å²) in [5, 5.41) is 0. The third-order valence-corrected chi connectivity index (χ3v) is 12.1. The quantitative estimate of drug-likeness (QED) is 0.116. The zero-order chi connectivity index (χ0) is 42.9. The third kappa shape index (κ3) is 9.40. The second kappa shape index (κ2) is 18.9. The van der Waals surface area contributed by atoms with Crippen LogP contribution < -0.4 is 0 Å². The molecule has 0 aliphatic rings. The van der Waals surface area contributed by atoms with Crippen molar-refractivity contribution in [2.24, 2.45) is 0 Å². The molecule has 306 valence electrons. The maximum Gasteiger partial charge on any atom is 0.0708 e. The first-order valence-electron chi connectivity index (χ1n) is 22.1. The molecule has 0 saturated heterocycles. The van der Waals surface area contributed by atoms with E-state index in [1.165, 1.54) is 61.2 Å². The smallest absolute Gasteiger partial charge is 0.0708 e. The van der Waals surface area contributed by atoms with Crippen molar-refractivity contribution in [2.45, 2.75) is 25.7 Å². The Hall–Kier alpha value is -8.01. The van der Waals surface area contributed by atoms with Crippen molar-refractivity contribution in [3.05, 3.63) is 259 Å². The molecular weight excluding hydrogens is 775 g/mol. The SMILES string of the molecule is c1ccc(-c2ccc(-c3ccnc(-c4ccc(-c5ccccc5-c5cc(CCc6ccc(-c7ccccc7)nc6)cc(CCc6ccc(-c7ccccc7)nc6)c5)cc4)c3)cc2)cc1. The number of nitrogens with zero attached hydrogens (tertiary/aromatic N) is 3. The van der Waals surface area contributed by atoms with Crippen LogP contribution in [0.4, 0.5) is 0 Å². The first kappa shape index (κ1) is 40.1. The van der Waals surface area contributed by atoms with E-state index in [2.05, 4.69) is 206 Å². The maximum absolute atomic E-state index is 4.82. The first-order chi connectivity index (χ1) is 31.7. The number of hydrogen-bond acceptors (Lipinski definition) is 3. The highest BCUT2D eigenvalue weighted by Crippen LogP contribution is 2.35. The largest absolute Gasteiger partial charge is 0.256 e. The topological polar surface area (TPSA) is 38.7 Å². The highest BCUT2D eigenvalue weighted by Gasteiger charge is 2.13. The Bertz CT molecular complexity index is 2980. The molecule has 3 nitrogen and oxygen atoms in total. The van der Waals surface area contributed by atoms with Gasteiger partial charge in [0.1, 0.15) is 0 Å². The summed E-state index contributed by atoms with van der Waals surface area (Å²) in [5.41, 5.74) is 21.0. The predicted molar refractivity (Wildman–Crippen MR) is 266 cm³/mol. The molecule has 0 amide bonds. The molecule has 0 unspecified atom stereocenters. The van der Waals surface area contributed by atoms with Crippen LogP contribution in [0.5, 0.6) is 0 Å². The summed E-state index contributed by atoms with van der Waals surface area (Å²) in [5.74, 6) is 0. The molecule has 0 N–H and O–H groups in total. The van der Waals surface area contributed by atoms with Crippen LogP contribution in [0, 0.1) is 0 Å². The van der Waals surface area contributed by atoms with Gasteiger partial charge >= 0.3 is 0 Å². The molecule has 0 aliphatic carbocycles. The molecule has 0 aliphatic heterocycles. The summed E-state index contributed by atoms with van der Waals surface area (Å²) < 4.78 is 0. The van der Waals surface area contributed by atoms with Crippen LogP contribution >= 0.6 is 0 Å². The Kier molecular flexibility index (Phi) is 11.9. The lowest BCUT2D eigenvalue weighted by molar-refractivity contribution is 0.923. The van der Waals surface area contributed by atoms with E-state index >= 15 is 0 Å². The van der Waals surface area contributed by atoms with E-state index < -0.39 is 0 Å². The molecule has 0 atom stereocenters. The minimum atomic E-state index is 0.910. The lowest BCUT2D eigenvalue weighted by Gasteiger charge is -2.15. The van der Waals surface area contributed by atoms with E-state index in [1.54, 1.807) is 0 Å². The van der Waals surface area contributed by atoms with Crippen molar-refractivity contribution < 1.29 is 0 Å². The molecule has 7 aromatic carbocycles. The average molecular weight is 822 g/mol. The van der Waals surface area contributed by atoms with Gasteiger partial charge in [0.05, 0.1) is 17.1 Å². The number of benzene rings is 7. The summed E-state index contributed by atoms with van der Waals surface area (Å²) in [6.07, 6.45) is 9.64. The van der Waals surface area contributed by atoms with Crippen LogP contribution in [-0.2, 0) is 25.7 Å². The number of pyridine rings is 3. The Morgan fingerprint density at radius 1 is 0.234 bits per heavy atom. The average Bonchev–Trinajstić information content (AvgIpc) is 3.38. The molecule has 3 aromatic heterocycles. The standard InChI is InChI=1S/C61H47N3/c1-4-12-48(13-5-1)49-26-28-50(29-27-49)55-36-37-62-61(41-55)54-32-30-51(31-33-54)57-18-10-11-19-58(57)56-39-46(22-20-44-24-34-59(63-42-44)52-14-6-2-7-15-52)38-47(40-56)23-21-45-25-35-60(64-43-45)53-16-8-3-9-17-53/h1-19,24-43H,20-23H2. The molecule has 3 heterocycles. The van der Waals surface area contributed by atoms with Gasteiger partial charge in [0.2, 0.25) is 0 Å². The fourth-order valence-corrected chi connectivity index (χ4v) is 8.55. The molecule has 10 aromatic rings. The summed E-state index contributed by atoms with van der Waals surface area (Å²) >= 11 is 0. The Morgan fingerprint density at radius 2 is 0.641 bits per heavy atom. The van der Waals surface area contributed by atoms with Crippen molar-refractivity contribution in [3.8, 4) is 78.3 Å². The number of rotatable bonds is 13. The number of aromatic nitrogens is 3. The molecule has 0 saturated carbocycles. The molecule has 10 rings (SSSR count).